The number of piperazine rings is 2. The molecule has 0 radical (unpaired) electrons. The largest absolute Gasteiger partial charge is 0.382 e. The fraction of sp³-hybridized carbons (Fsp3) is 0.417. The number of rotatable bonds is 13. The molecule has 0 saturated carbocycles. The van der Waals surface area contributed by atoms with Crippen LogP contribution in [0, 0.1) is 11.7 Å². The van der Waals surface area contributed by atoms with Gasteiger partial charge in [-0.15, -0.1) is 0 Å². The maximum atomic E-state index is 15.1. The van der Waals surface area contributed by atoms with Gasteiger partial charge in [0.1, 0.15) is 5.82 Å². The molecule has 3 aliphatic heterocycles. The Morgan fingerprint density at radius 2 is 1.49 bits per heavy atom. The summed E-state index contributed by atoms with van der Waals surface area (Å²) < 4.78 is 15.1. The Morgan fingerprint density at radius 1 is 0.778 bits per heavy atom. The lowest BCUT2D eigenvalue weighted by Gasteiger charge is -2.40. The zero-order chi connectivity index (χ0) is 43.9. The lowest BCUT2D eigenvalue weighted by molar-refractivity contribution is -0.134. The van der Waals surface area contributed by atoms with Gasteiger partial charge in [-0.3, -0.25) is 24.1 Å². The minimum absolute atomic E-state index is 0.0178. The number of amides is 3. The first-order valence-electron chi connectivity index (χ1n) is 22.3. The van der Waals surface area contributed by atoms with Gasteiger partial charge in [0, 0.05) is 109 Å². The number of nitrogens with one attached hydrogen (secondary N) is 2. The number of hydrogen-bond donors (Lipinski definition) is 3. The molecule has 0 atom stereocenters. The van der Waals surface area contributed by atoms with Crippen molar-refractivity contribution in [3.63, 3.8) is 0 Å². The standard InChI is InChI=1S/C48H57FN10O4/c1-2-33-6-5-7-36(26-33)37-29-43(51-15-14-50)45(52-30-37)48(63)58-16-12-34(13-17-58)31-55-18-20-56(21-19-55)32-44(60)57-22-24-59(25-23-57)47(62)40-27-35(10-11-41(40)49)28-42-38-8-3-4-9-39(38)46(61)54-53-42/h3-11,26-27,29-30,34,51H,2,12-25,28,31-32,50H2,1H3,(H,54,61). The molecule has 2 aromatic heterocycles. The summed E-state index contributed by atoms with van der Waals surface area (Å²) in [7, 11) is 0. The van der Waals surface area contributed by atoms with Crippen LogP contribution in [0.1, 0.15) is 57.4 Å². The normalized spacial score (nSPS) is 16.7. The minimum Gasteiger partial charge on any atom is -0.382 e. The van der Waals surface area contributed by atoms with Gasteiger partial charge in [0.2, 0.25) is 5.91 Å². The smallest absolute Gasteiger partial charge is 0.274 e. The third-order valence-electron chi connectivity index (χ3n) is 12.8. The molecule has 3 aromatic carbocycles. The molecule has 5 aromatic rings. The first kappa shape index (κ1) is 43.6. The Kier molecular flexibility index (Phi) is 13.8. The summed E-state index contributed by atoms with van der Waals surface area (Å²) in [6.07, 6.45) is 4.91. The van der Waals surface area contributed by atoms with Crippen molar-refractivity contribution in [1.29, 1.82) is 0 Å². The first-order chi connectivity index (χ1) is 30.7. The van der Waals surface area contributed by atoms with Gasteiger partial charge in [-0.2, -0.15) is 5.10 Å². The number of anilines is 1. The van der Waals surface area contributed by atoms with E-state index in [4.69, 9.17) is 5.73 Å². The number of piperidine rings is 1. The van der Waals surface area contributed by atoms with Crippen molar-refractivity contribution in [3.8, 4) is 11.1 Å². The van der Waals surface area contributed by atoms with E-state index < -0.39 is 11.7 Å². The molecule has 0 bridgehead atoms. The van der Waals surface area contributed by atoms with Crippen molar-refractivity contribution in [2.45, 2.75) is 32.6 Å². The van der Waals surface area contributed by atoms with Crippen molar-refractivity contribution in [2.24, 2.45) is 11.7 Å². The van der Waals surface area contributed by atoms with Crippen molar-refractivity contribution in [3.05, 3.63) is 123 Å². The van der Waals surface area contributed by atoms with Gasteiger partial charge in [0.15, 0.2) is 5.69 Å². The van der Waals surface area contributed by atoms with E-state index in [2.05, 4.69) is 61.5 Å². The Morgan fingerprint density at radius 3 is 2.24 bits per heavy atom. The van der Waals surface area contributed by atoms with E-state index in [1.807, 2.05) is 23.1 Å². The third kappa shape index (κ3) is 10.3. The number of pyridine rings is 1. The number of aromatic nitrogens is 3. The molecule has 3 amide bonds. The van der Waals surface area contributed by atoms with Crippen molar-refractivity contribution < 1.29 is 18.8 Å². The van der Waals surface area contributed by atoms with Crippen LogP contribution >= 0.6 is 0 Å². The zero-order valence-electron chi connectivity index (χ0n) is 36.0. The number of benzene rings is 3. The summed E-state index contributed by atoms with van der Waals surface area (Å²) in [5, 5.41) is 11.3. The highest BCUT2D eigenvalue weighted by atomic mass is 19.1. The van der Waals surface area contributed by atoms with E-state index in [0.29, 0.717) is 105 Å². The summed E-state index contributed by atoms with van der Waals surface area (Å²) in [4.78, 5) is 67.7. The summed E-state index contributed by atoms with van der Waals surface area (Å²) >= 11 is 0. The second-order valence-corrected chi connectivity index (χ2v) is 16.9. The number of likely N-dealkylation sites (tertiary alicyclic amines) is 1. The van der Waals surface area contributed by atoms with E-state index in [0.717, 1.165) is 63.1 Å². The lowest BCUT2D eigenvalue weighted by Crippen LogP contribution is -2.55. The summed E-state index contributed by atoms with van der Waals surface area (Å²) in [5.41, 5.74) is 11.3. The van der Waals surface area contributed by atoms with Crippen LogP contribution in [0.2, 0.25) is 0 Å². The van der Waals surface area contributed by atoms with Crippen LogP contribution in [0.4, 0.5) is 10.1 Å². The minimum atomic E-state index is -0.601. The molecule has 330 valence electrons. The molecule has 0 aliphatic carbocycles. The average Bonchev–Trinajstić information content (AvgIpc) is 3.32. The number of aryl methyl sites for hydroxylation is 1. The highest BCUT2D eigenvalue weighted by Gasteiger charge is 2.31. The fourth-order valence-electron chi connectivity index (χ4n) is 9.04. The monoisotopic (exact) mass is 856 g/mol. The SMILES string of the molecule is CCc1cccc(-c2cnc(C(=O)N3CCC(CN4CCN(CC(=O)N5CCN(C(=O)c6cc(Cc7n[nH]c(=O)c8ccccc78)ccc6F)CC5)CC4)CC3)c(NCCN)c2)c1. The van der Waals surface area contributed by atoms with Crippen LogP contribution < -0.4 is 16.6 Å². The Bertz CT molecular complexity index is 2490. The summed E-state index contributed by atoms with van der Waals surface area (Å²) in [5.74, 6) is -0.538. The maximum Gasteiger partial charge on any atom is 0.274 e. The van der Waals surface area contributed by atoms with Crippen molar-refractivity contribution in [1.82, 2.24) is 39.7 Å². The number of carbonyl (C=O) groups is 3. The topological polar surface area (TPSA) is 164 Å². The number of nitrogens with two attached hydrogens (primary N) is 1. The molecule has 5 heterocycles. The Balaban J connectivity index is 0.768. The molecule has 0 spiro atoms. The predicted molar refractivity (Wildman–Crippen MR) is 242 cm³/mol. The summed E-state index contributed by atoms with van der Waals surface area (Å²) in [6.45, 7) is 10.6. The second-order valence-electron chi connectivity index (χ2n) is 16.9. The highest BCUT2D eigenvalue weighted by Crippen LogP contribution is 2.28. The highest BCUT2D eigenvalue weighted by molar-refractivity contribution is 5.98. The van der Waals surface area contributed by atoms with Crippen molar-refractivity contribution >= 4 is 34.2 Å². The molecular formula is C48H57FN10O4. The number of carbonyl (C=O) groups excluding carboxylic acids is 3. The predicted octanol–water partition coefficient (Wildman–Crippen LogP) is 4.10. The van der Waals surface area contributed by atoms with Crippen LogP contribution in [0.3, 0.4) is 0 Å². The van der Waals surface area contributed by atoms with Crippen molar-refractivity contribution in [2.75, 3.05) is 96.9 Å². The third-order valence-corrected chi connectivity index (χ3v) is 12.8. The van der Waals surface area contributed by atoms with Gasteiger partial charge in [-0.25, -0.2) is 14.5 Å². The molecule has 3 saturated heterocycles. The quantitative estimate of drug-likeness (QED) is 0.157. The van der Waals surface area contributed by atoms with Gasteiger partial charge >= 0.3 is 0 Å². The van der Waals surface area contributed by atoms with Crippen LogP contribution in [0.25, 0.3) is 21.9 Å². The van der Waals surface area contributed by atoms with E-state index in [-0.39, 0.29) is 22.9 Å². The number of halogens is 1. The number of aromatic amines is 1. The average molecular weight is 857 g/mol. The van der Waals surface area contributed by atoms with Crippen LogP contribution in [0.15, 0.2) is 83.8 Å². The Hall–Kier alpha value is -6.03. The van der Waals surface area contributed by atoms with Gasteiger partial charge in [-0.1, -0.05) is 55.5 Å². The fourth-order valence-corrected chi connectivity index (χ4v) is 9.04. The van der Waals surface area contributed by atoms with Gasteiger partial charge in [0.05, 0.1) is 28.9 Å². The molecule has 0 unspecified atom stereocenters. The van der Waals surface area contributed by atoms with Crippen LogP contribution in [-0.4, -0.2) is 149 Å². The molecule has 8 rings (SSSR count). The molecular weight excluding hydrogens is 800 g/mol. The van der Waals surface area contributed by atoms with Crippen LogP contribution in [0.5, 0.6) is 0 Å². The number of fused-ring (bicyclic) bond motifs is 1. The van der Waals surface area contributed by atoms with Gasteiger partial charge in [-0.05, 0) is 66.1 Å². The molecule has 4 N–H and O–H groups in total. The van der Waals surface area contributed by atoms with E-state index in [1.165, 1.54) is 11.6 Å². The molecule has 14 nitrogen and oxygen atoms in total. The van der Waals surface area contributed by atoms with E-state index >= 15 is 4.39 Å². The molecule has 3 aliphatic rings. The number of H-pyrrole nitrogens is 1. The Labute approximate surface area is 367 Å². The maximum absolute atomic E-state index is 15.1. The lowest BCUT2D eigenvalue weighted by atomic mass is 9.95. The first-order valence-corrected chi connectivity index (χ1v) is 22.3. The van der Waals surface area contributed by atoms with E-state index in [9.17, 15) is 19.2 Å². The molecule has 3 fully saturated rings. The number of nitrogens with zero attached hydrogens (tertiary/aromatic N) is 7. The molecule has 63 heavy (non-hydrogen) atoms. The molecule has 15 heteroatoms. The van der Waals surface area contributed by atoms with Gasteiger partial charge in [0.25, 0.3) is 17.4 Å². The summed E-state index contributed by atoms with van der Waals surface area (Å²) in [6, 6.07) is 22.1. The zero-order valence-corrected chi connectivity index (χ0v) is 36.0. The van der Waals surface area contributed by atoms with Crippen LogP contribution in [-0.2, 0) is 17.6 Å². The second kappa shape index (κ2) is 20.0. The van der Waals surface area contributed by atoms with E-state index in [1.54, 1.807) is 40.3 Å². The van der Waals surface area contributed by atoms with Gasteiger partial charge < -0.3 is 30.7 Å². The number of hydrogen-bond acceptors (Lipinski definition) is 10.